The summed E-state index contributed by atoms with van der Waals surface area (Å²) < 4.78 is 61.9. The Kier molecular flexibility index (Phi) is 7.38. The molecule has 0 fully saturated rings. The molecule has 0 unspecified atom stereocenters. The Hall–Kier alpha value is 0.120. The number of benzene rings is 2. The molecule has 2 aromatic carbocycles. The number of phenolic OH excluding ortho intramolecular Hbond substituents is 2. The van der Waals surface area contributed by atoms with Crippen LogP contribution in [0.1, 0.15) is 2.85 Å². The molecule has 0 aliphatic heterocycles. The standard InChI is InChI=1S/C10H8O8S2.2Na.2H/c11-8-3-5-1-2-6(19(13,14)15)4-7(5)9(12)10(8)20(16,17)18;;;;/h1-4,11-12H,(H,13,14,15)(H,16,17,18);;;;/q;2*+1;2*-1. The van der Waals surface area contributed by atoms with E-state index in [9.17, 15) is 27.0 Å². The van der Waals surface area contributed by atoms with Gasteiger partial charge in [-0.1, -0.05) is 6.07 Å². The van der Waals surface area contributed by atoms with Crippen molar-refractivity contribution in [3.8, 4) is 11.5 Å². The van der Waals surface area contributed by atoms with Crippen molar-refractivity contribution in [2.75, 3.05) is 0 Å². The summed E-state index contributed by atoms with van der Waals surface area (Å²) in [5.41, 5.74) is 0. The van der Waals surface area contributed by atoms with Crippen molar-refractivity contribution in [1.82, 2.24) is 0 Å². The van der Waals surface area contributed by atoms with Gasteiger partial charge < -0.3 is 13.1 Å². The van der Waals surface area contributed by atoms with Crippen molar-refractivity contribution in [3.63, 3.8) is 0 Å². The maximum absolute atomic E-state index is 11.1. The second-order valence-electron chi connectivity index (χ2n) is 3.91. The van der Waals surface area contributed by atoms with E-state index in [1.54, 1.807) is 0 Å². The smallest absolute Gasteiger partial charge is 1.00 e. The maximum Gasteiger partial charge on any atom is 1.00 e. The fourth-order valence-electron chi connectivity index (χ4n) is 1.74. The Balaban J connectivity index is -0.00000110. The van der Waals surface area contributed by atoms with Crippen molar-refractivity contribution in [3.05, 3.63) is 24.3 Å². The molecule has 0 bridgehead atoms. The molecule has 2 aromatic rings. The van der Waals surface area contributed by atoms with Crippen LogP contribution in [-0.4, -0.2) is 36.2 Å². The van der Waals surface area contributed by atoms with E-state index >= 15 is 0 Å². The maximum atomic E-state index is 11.1. The van der Waals surface area contributed by atoms with Crippen molar-refractivity contribution in [2.24, 2.45) is 0 Å². The average molecular weight is 368 g/mol. The Morgan fingerprint density at radius 3 is 1.86 bits per heavy atom. The number of phenols is 2. The molecule has 0 atom stereocenters. The molecule has 0 aliphatic rings. The van der Waals surface area contributed by atoms with Gasteiger partial charge in [0.1, 0.15) is 11.5 Å². The van der Waals surface area contributed by atoms with E-state index in [0.29, 0.717) is 0 Å². The van der Waals surface area contributed by atoms with Crippen LogP contribution in [0.3, 0.4) is 0 Å². The SMILES string of the molecule is O=S(=O)(O)c1ccc2cc(O)c(S(=O)(=O)O)c(O)c2c1.[H-].[H-].[Na+].[Na+]. The molecule has 0 spiro atoms. The molecule has 2 rings (SSSR count). The van der Waals surface area contributed by atoms with Crippen LogP contribution >= 0.6 is 0 Å². The molecule has 0 aliphatic carbocycles. The number of aromatic hydroxyl groups is 2. The first-order chi connectivity index (χ1) is 9.01. The van der Waals surface area contributed by atoms with Crippen LogP contribution < -0.4 is 59.1 Å². The van der Waals surface area contributed by atoms with E-state index in [-0.39, 0.29) is 72.7 Å². The van der Waals surface area contributed by atoms with Crippen LogP contribution in [0.5, 0.6) is 11.5 Å². The number of fused-ring (bicyclic) bond motifs is 1. The summed E-state index contributed by atoms with van der Waals surface area (Å²) in [5, 5.41) is 19.1. The summed E-state index contributed by atoms with van der Waals surface area (Å²) in [4.78, 5) is -1.72. The van der Waals surface area contributed by atoms with Gasteiger partial charge in [-0.2, -0.15) is 16.8 Å². The second kappa shape index (κ2) is 7.34. The van der Waals surface area contributed by atoms with Crippen molar-refractivity contribution >= 4 is 31.0 Å². The van der Waals surface area contributed by atoms with Gasteiger partial charge in [0.25, 0.3) is 10.1 Å². The molecule has 0 aromatic heterocycles. The van der Waals surface area contributed by atoms with Gasteiger partial charge in [-0.25, -0.2) is 0 Å². The third-order valence-corrected chi connectivity index (χ3v) is 4.34. The Morgan fingerprint density at radius 2 is 1.41 bits per heavy atom. The Bertz CT molecular complexity index is 932. The minimum absolute atomic E-state index is 0. The topological polar surface area (TPSA) is 149 Å². The third kappa shape index (κ3) is 4.35. The molecule has 0 radical (unpaired) electrons. The molecule has 12 heteroatoms. The molecule has 0 saturated carbocycles. The van der Waals surface area contributed by atoms with E-state index in [0.717, 1.165) is 24.3 Å². The molecule has 0 heterocycles. The average Bonchev–Trinajstić information content (AvgIpc) is 2.25. The first kappa shape index (κ1) is 22.1. The van der Waals surface area contributed by atoms with Gasteiger partial charge in [-0.3, -0.25) is 9.11 Å². The summed E-state index contributed by atoms with van der Waals surface area (Å²) in [5.74, 6) is -1.91. The Morgan fingerprint density at radius 1 is 0.864 bits per heavy atom. The predicted octanol–water partition coefficient (Wildman–Crippen LogP) is -5.02. The van der Waals surface area contributed by atoms with Crippen LogP contribution in [-0.2, 0) is 20.2 Å². The van der Waals surface area contributed by atoms with Gasteiger partial charge in [-0.05, 0) is 23.6 Å². The second-order valence-corrected chi connectivity index (χ2v) is 6.69. The first-order valence-electron chi connectivity index (χ1n) is 4.95. The summed E-state index contributed by atoms with van der Waals surface area (Å²) in [7, 11) is -9.47. The van der Waals surface area contributed by atoms with Crippen LogP contribution in [0.4, 0.5) is 0 Å². The fourth-order valence-corrected chi connectivity index (χ4v) is 2.92. The molecule has 8 nitrogen and oxygen atoms in total. The summed E-state index contributed by atoms with van der Waals surface area (Å²) in [6, 6.07) is 3.88. The van der Waals surface area contributed by atoms with Gasteiger partial charge in [0, 0.05) is 5.39 Å². The zero-order valence-corrected chi connectivity index (χ0v) is 17.2. The normalized spacial score (nSPS) is 11.5. The fraction of sp³-hybridized carbons (Fsp3) is 0. The minimum Gasteiger partial charge on any atom is -1.00 e. The molecule has 112 valence electrons. The molecule has 0 saturated heterocycles. The van der Waals surface area contributed by atoms with E-state index in [2.05, 4.69) is 0 Å². The first-order valence-corrected chi connectivity index (χ1v) is 7.83. The third-order valence-electron chi connectivity index (χ3n) is 2.58. The molecule has 0 amide bonds. The zero-order chi connectivity index (χ0) is 15.3. The van der Waals surface area contributed by atoms with Crippen LogP contribution in [0.25, 0.3) is 10.8 Å². The van der Waals surface area contributed by atoms with Crippen molar-refractivity contribution in [1.29, 1.82) is 0 Å². The van der Waals surface area contributed by atoms with Gasteiger partial charge in [0.05, 0.1) is 4.90 Å². The number of rotatable bonds is 2. The quantitative estimate of drug-likeness (QED) is 0.304. The van der Waals surface area contributed by atoms with Gasteiger partial charge in [0.15, 0.2) is 4.90 Å². The van der Waals surface area contributed by atoms with E-state index in [1.807, 2.05) is 0 Å². The Labute approximate surface area is 173 Å². The predicted molar refractivity (Wildman–Crippen MR) is 69.1 cm³/mol. The van der Waals surface area contributed by atoms with Gasteiger partial charge in [0.2, 0.25) is 0 Å². The number of hydrogen-bond acceptors (Lipinski definition) is 6. The van der Waals surface area contributed by atoms with E-state index in [4.69, 9.17) is 9.11 Å². The molecule has 22 heavy (non-hydrogen) atoms. The van der Waals surface area contributed by atoms with Crippen LogP contribution in [0, 0.1) is 0 Å². The summed E-state index contributed by atoms with van der Waals surface area (Å²) >= 11 is 0. The number of hydrogen-bond donors (Lipinski definition) is 4. The van der Waals surface area contributed by atoms with E-state index < -0.39 is 41.5 Å². The van der Waals surface area contributed by atoms with Gasteiger partial charge in [-0.15, -0.1) is 0 Å². The molecular weight excluding hydrogens is 358 g/mol. The van der Waals surface area contributed by atoms with Crippen LogP contribution in [0.2, 0.25) is 0 Å². The van der Waals surface area contributed by atoms with Crippen LogP contribution in [0.15, 0.2) is 34.1 Å². The van der Waals surface area contributed by atoms with Crippen molar-refractivity contribution < 1.29 is 98.1 Å². The van der Waals surface area contributed by atoms with E-state index in [1.165, 1.54) is 0 Å². The largest absolute Gasteiger partial charge is 1.00 e. The monoisotopic (exact) mass is 368 g/mol. The van der Waals surface area contributed by atoms with Crippen molar-refractivity contribution in [2.45, 2.75) is 9.79 Å². The summed E-state index contributed by atoms with van der Waals surface area (Å²) in [6.07, 6.45) is 0. The van der Waals surface area contributed by atoms with Gasteiger partial charge >= 0.3 is 69.2 Å². The minimum atomic E-state index is -4.92. The summed E-state index contributed by atoms with van der Waals surface area (Å²) in [6.45, 7) is 0. The molecular formula is C10H10Na2O8S2. The molecule has 4 N–H and O–H groups in total. The zero-order valence-electron chi connectivity index (χ0n) is 13.5.